The number of hydrogen-bond donors (Lipinski definition) is 0. The summed E-state index contributed by atoms with van der Waals surface area (Å²) in [7, 11) is 0. The standard InChI is InChI=1S/C46H32N2O2.2C39H26N2O2/c1-29-13-6-8-17-34(29)36-19-10-21-38-39-22-11-20-37(35-18-9-7-14-30(35)2)44(39)48(43(36)38)41-24-12-23-40-42(41)46(50)47(45(40)49)33-27-25-32(26-28-33)31-15-4-3-5-16-31;1-25-11-5-6-14-29(25)31-16-9-17-32-30-15-7-8-19-34(30)41(37(31)32)35-20-10-18-33-36(35)39(43)40(38(33)42)28-23-21-27(22-24-28)26-12-3-2-4-13-26;1-25-10-5-6-13-30(25)28-20-23-32-31-14-7-8-16-34(31)41(36(32)24-28)35-17-9-15-33-37(35)39(43)40(38(33)42)29-21-18-27(19-22-29)26-11-3-2-4-12-26/h3-28H,1-2H3;2*2-24H,1H3. The Kier molecular flexibility index (Phi) is 20.4. The number of aryl methyl sites for hydroxylation is 4. The van der Waals surface area contributed by atoms with Crippen LogP contribution in [0.25, 0.3) is 160 Å². The van der Waals surface area contributed by atoms with Gasteiger partial charge in [-0.15, -0.1) is 0 Å². The quantitative estimate of drug-likeness (QED) is 0.106. The number of imide groups is 3. The number of aromatic nitrogens is 3. The second-order valence-corrected chi connectivity index (χ2v) is 34.8. The second kappa shape index (κ2) is 33.7. The molecule has 0 saturated carbocycles. The largest absolute Gasteiger partial charge is 0.308 e. The van der Waals surface area contributed by atoms with Gasteiger partial charge < -0.3 is 13.7 Å². The first-order valence-electron chi connectivity index (χ1n) is 45.6. The SMILES string of the molecule is Cc1ccccc1-c1ccc2c3ccccc3n(-c3cccc4c3C(=O)N(c3ccc(-c5ccccc5)cc3)C4=O)c2c1.Cc1ccccc1-c1cccc2c3cccc(-c4ccccc4C)c3n(-c3cccc4c3C(=O)N(c3ccc(-c5ccccc5)cc3)C4=O)c12.Cc1ccccc1-c1cccc2c3ccccc3n(-c3cccc4c3C(=O)N(c3ccc(-c5ccccc5)cc3)C4=O)c12. The smallest absolute Gasteiger partial charge is 0.268 e. The summed E-state index contributed by atoms with van der Waals surface area (Å²) >= 11 is 0. The molecule has 0 atom stereocenters. The minimum atomic E-state index is -0.329. The Morgan fingerprint density at radius 1 is 0.162 bits per heavy atom. The monoisotopic (exact) mass is 1750 g/mol. The van der Waals surface area contributed by atoms with Gasteiger partial charge in [-0.1, -0.05) is 346 Å². The van der Waals surface area contributed by atoms with Gasteiger partial charge in [-0.25, -0.2) is 14.7 Å². The first kappa shape index (κ1) is 82.4. The predicted octanol–water partition coefficient (Wildman–Crippen LogP) is 29.7. The number of nitrogens with zero attached hydrogens (tertiary/aromatic N) is 6. The molecule has 6 amide bonds. The molecule has 19 aromatic carbocycles. The summed E-state index contributed by atoms with van der Waals surface area (Å²) in [6, 6.07) is 146. The molecule has 0 radical (unpaired) electrons. The lowest BCUT2D eigenvalue weighted by Crippen LogP contribution is -2.29. The van der Waals surface area contributed by atoms with E-state index in [1.54, 1.807) is 18.2 Å². The normalized spacial score (nSPS) is 12.8. The minimum absolute atomic E-state index is 0.310. The molecule has 0 aliphatic carbocycles. The summed E-state index contributed by atoms with van der Waals surface area (Å²) in [4.78, 5) is 88.8. The Labute approximate surface area is 785 Å². The lowest BCUT2D eigenvalue weighted by Gasteiger charge is -2.18. The Balaban J connectivity index is 0.000000115. The van der Waals surface area contributed by atoms with Gasteiger partial charge in [0.2, 0.25) is 0 Å². The van der Waals surface area contributed by atoms with Gasteiger partial charge in [-0.05, 0) is 202 Å². The zero-order valence-electron chi connectivity index (χ0n) is 74.7. The van der Waals surface area contributed by atoms with Crippen molar-refractivity contribution in [2.45, 2.75) is 27.7 Å². The molecule has 0 N–H and O–H groups in total. The molecule has 3 aliphatic heterocycles. The zero-order chi connectivity index (χ0) is 92.1. The fourth-order valence-electron chi connectivity index (χ4n) is 20.6. The van der Waals surface area contributed by atoms with Gasteiger partial charge >= 0.3 is 0 Å². The Morgan fingerprint density at radius 3 is 0.787 bits per heavy atom. The summed E-state index contributed by atoms with van der Waals surface area (Å²) in [6.45, 7) is 8.49. The molecule has 0 saturated heterocycles. The third-order valence-corrected chi connectivity index (χ3v) is 27.0. The van der Waals surface area contributed by atoms with Crippen molar-refractivity contribution in [2.24, 2.45) is 0 Å². The number of hydrogen-bond acceptors (Lipinski definition) is 6. The lowest BCUT2D eigenvalue weighted by molar-refractivity contribution is 0.0910. The molecule has 646 valence electrons. The average Bonchev–Trinajstić information content (AvgIpc) is 1.55. The topological polar surface area (TPSA) is 127 Å². The van der Waals surface area contributed by atoms with Crippen LogP contribution in [0.4, 0.5) is 17.1 Å². The highest BCUT2D eigenvalue weighted by atomic mass is 16.2. The molecule has 22 aromatic rings. The first-order valence-corrected chi connectivity index (χ1v) is 45.6. The van der Waals surface area contributed by atoms with Crippen molar-refractivity contribution >= 4 is 118 Å². The van der Waals surface area contributed by atoms with Crippen molar-refractivity contribution in [1.82, 2.24) is 13.7 Å². The number of para-hydroxylation sites is 5. The number of fused-ring (bicyclic) bond motifs is 12. The van der Waals surface area contributed by atoms with Crippen LogP contribution in [0.5, 0.6) is 0 Å². The molecule has 0 spiro atoms. The summed E-state index contributed by atoms with van der Waals surface area (Å²) in [5, 5.41) is 6.54. The van der Waals surface area contributed by atoms with Gasteiger partial charge in [0, 0.05) is 49.0 Å². The highest BCUT2D eigenvalue weighted by molar-refractivity contribution is 6.38. The molecule has 136 heavy (non-hydrogen) atoms. The average molecular weight is 1750 g/mol. The van der Waals surface area contributed by atoms with Gasteiger partial charge in [0.1, 0.15) is 0 Å². The molecule has 25 rings (SSSR count). The van der Waals surface area contributed by atoms with Gasteiger partial charge in [0.05, 0.1) is 101 Å². The van der Waals surface area contributed by atoms with Gasteiger partial charge in [0.25, 0.3) is 35.4 Å². The summed E-state index contributed by atoms with van der Waals surface area (Å²) in [6.07, 6.45) is 0. The van der Waals surface area contributed by atoms with E-state index in [0.717, 1.165) is 154 Å². The third kappa shape index (κ3) is 13.7. The molecule has 0 fully saturated rings. The first-order chi connectivity index (χ1) is 66.7. The number of amides is 6. The van der Waals surface area contributed by atoms with Crippen molar-refractivity contribution in [2.75, 3.05) is 14.7 Å². The maximum Gasteiger partial charge on any atom is 0.268 e. The molecule has 0 bridgehead atoms. The molecule has 0 unspecified atom stereocenters. The highest BCUT2D eigenvalue weighted by Crippen LogP contribution is 2.49. The van der Waals surface area contributed by atoms with Crippen molar-refractivity contribution in [1.29, 1.82) is 0 Å². The van der Waals surface area contributed by atoms with E-state index >= 15 is 0 Å². The van der Waals surface area contributed by atoms with E-state index in [-0.39, 0.29) is 35.4 Å². The van der Waals surface area contributed by atoms with Crippen molar-refractivity contribution < 1.29 is 28.8 Å². The van der Waals surface area contributed by atoms with Crippen LogP contribution in [0, 0.1) is 27.7 Å². The second-order valence-electron chi connectivity index (χ2n) is 34.8. The summed E-state index contributed by atoms with van der Waals surface area (Å²) in [5.74, 6) is -1.90. The van der Waals surface area contributed by atoms with E-state index in [9.17, 15) is 28.8 Å². The zero-order valence-corrected chi connectivity index (χ0v) is 74.7. The minimum Gasteiger partial charge on any atom is -0.308 e. The Morgan fingerprint density at radius 2 is 0.412 bits per heavy atom. The van der Waals surface area contributed by atoms with E-state index in [4.69, 9.17) is 0 Å². The van der Waals surface area contributed by atoms with Crippen molar-refractivity contribution in [3.8, 4) is 95.0 Å². The maximum atomic E-state index is 14.7. The van der Waals surface area contributed by atoms with Crippen molar-refractivity contribution in [3.63, 3.8) is 0 Å². The van der Waals surface area contributed by atoms with Crippen LogP contribution in [0.2, 0.25) is 0 Å². The van der Waals surface area contributed by atoms with Gasteiger partial charge in [-0.3, -0.25) is 28.8 Å². The molecule has 6 heterocycles. The van der Waals surface area contributed by atoms with E-state index in [1.165, 1.54) is 25.8 Å². The molecular formula is C124H84N6O6. The van der Waals surface area contributed by atoms with Crippen LogP contribution >= 0.6 is 0 Å². The van der Waals surface area contributed by atoms with E-state index in [1.807, 2.05) is 237 Å². The number of carbonyl (C=O) groups is 6. The molecule has 12 nitrogen and oxygen atoms in total. The summed E-state index contributed by atoms with van der Waals surface area (Å²) in [5.41, 5.74) is 32.0. The molecule has 3 aliphatic rings. The third-order valence-electron chi connectivity index (χ3n) is 27.0. The molecule has 3 aromatic heterocycles. The maximum absolute atomic E-state index is 14.7. The predicted molar refractivity (Wildman–Crippen MR) is 552 cm³/mol. The number of rotatable bonds is 13. The van der Waals surface area contributed by atoms with Crippen LogP contribution in [-0.4, -0.2) is 49.1 Å². The van der Waals surface area contributed by atoms with E-state index < -0.39 is 0 Å². The lowest BCUT2D eigenvalue weighted by atomic mass is 9.97. The van der Waals surface area contributed by atoms with Gasteiger partial charge in [-0.2, -0.15) is 0 Å². The van der Waals surface area contributed by atoms with E-state index in [2.05, 4.69) is 223 Å². The fraction of sp³-hybridized carbons (Fsp3) is 0.0323. The number of benzene rings is 19. The number of anilines is 3. The Bertz CT molecular complexity index is 8600. The summed E-state index contributed by atoms with van der Waals surface area (Å²) < 4.78 is 6.54. The van der Waals surface area contributed by atoms with E-state index in [0.29, 0.717) is 67.5 Å². The Hall–Kier alpha value is -18.0. The van der Waals surface area contributed by atoms with Gasteiger partial charge in [0.15, 0.2) is 0 Å². The van der Waals surface area contributed by atoms with Crippen molar-refractivity contribution in [3.05, 3.63) is 492 Å². The van der Waals surface area contributed by atoms with Crippen LogP contribution in [0.1, 0.15) is 84.4 Å². The highest BCUT2D eigenvalue weighted by Gasteiger charge is 2.43. The van der Waals surface area contributed by atoms with Crippen LogP contribution in [0.15, 0.2) is 437 Å². The van der Waals surface area contributed by atoms with Crippen LogP contribution < -0.4 is 14.7 Å². The van der Waals surface area contributed by atoms with Crippen LogP contribution in [0.3, 0.4) is 0 Å². The molecule has 12 heteroatoms. The number of carbonyl (C=O) groups excluding carboxylic acids is 6. The van der Waals surface area contributed by atoms with Crippen LogP contribution in [-0.2, 0) is 0 Å². The fourth-order valence-corrected chi connectivity index (χ4v) is 20.6. The molecular weight excluding hydrogens is 1670 g/mol.